The average molecular weight is 428 g/mol. The maximum Gasteiger partial charge on any atom is 0.230 e. The van der Waals surface area contributed by atoms with Crippen molar-refractivity contribution in [2.45, 2.75) is 12.7 Å². The van der Waals surface area contributed by atoms with E-state index in [1.54, 1.807) is 18.2 Å². The molecule has 0 aliphatic rings. The van der Waals surface area contributed by atoms with Gasteiger partial charge in [0.1, 0.15) is 24.5 Å². The van der Waals surface area contributed by atoms with Gasteiger partial charge in [0, 0.05) is 27.7 Å². The molecule has 2 aromatic carbocycles. The van der Waals surface area contributed by atoms with E-state index in [1.165, 1.54) is 24.7 Å². The number of nitrogens with one attached hydrogen (secondary N) is 2. The highest BCUT2D eigenvalue weighted by Crippen LogP contribution is 2.29. The lowest BCUT2D eigenvalue weighted by atomic mass is 10.2. The van der Waals surface area contributed by atoms with E-state index in [1.807, 2.05) is 19.1 Å². The van der Waals surface area contributed by atoms with E-state index in [9.17, 15) is 8.60 Å². The van der Waals surface area contributed by atoms with Gasteiger partial charge in [-0.1, -0.05) is 18.7 Å². The molecule has 1 unspecified atom stereocenters. The Labute approximate surface area is 175 Å². The van der Waals surface area contributed by atoms with Crippen LogP contribution in [0.25, 0.3) is 11.4 Å². The molecule has 9 heteroatoms. The Morgan fingerprint density at radius 3 is 2.80 bits per heavy atom. The number of hydrogen-bond donors (Lipinski definition) is 2. The molecule has 30 heavy (non-hydrogen) atoms. The summed E-state index contributed by atoms with van der Waals surface area (Å²) in [5.74, 6) is 0.648. The van der Waals surface area contributed by atoms with Crippen LogP contribution in [0, 0.1) is 10.6 Å². The van der Waals surface area contributed by atoms with Gasteiger partial charge in [-0.05, 0) is 42.3 Å². The van der Waals surface area contributed by atoms with Gasteiger partial charge in [0.2, 0.25) is 5.95 Å². The van der Waals surface area contributed by atoms with Crippen molar-refractivity contribution in [1.82, 2.24) is 15.0 Å². The molecule has 156 valence electrons. The third-order valence-corrected chi connectivity index (χ3v) is 4.74. The molecule has 0 aliphatic carbocycles. The molecule has 3 rings (SSSR count). The highest BCUT2D eigenvalue weighted by atomic mass is 32.2. The summed E-state index contributed by atoms with van der Waals surface area (Å²) in [5.41, 5.74) is 2.78. The molecule has 7 nitrogen and oxygen atoms in total. The van der Waals surface area contributed by atoms with Gasteiger partial charge in [0.05, 0.1) is 11.3 Å². The van der Waals surface area contributed by atoms with Crippen molar-refractivity contribution in [2.75, 3.05) is 18.2 Å². The second kappa shape index (κ2) is 9.00. The van der Waals surface area contributed by atoms with E-state index in [2.05, 4.69) is 26.8 Å². The molecule has 1 aromatic heterocycles. The molecule has 0 radical (unpaired) electrons. The smallest absolute Gasteiger partial charge is 0.230 e. The maximum absolute atomic E-state index is 13.7. The molecule has 3 aromatic rings. The van der Waals surface area contributed by atoms with E-state index < -0.39 is 15.5 Å². The number of benzene rings is 2. The summed E-state index contributed by atoms with van der Waals surface area (Å²) >= 11 is 0. The van der Waals surface area contributed by atoms with Crippen LogP contribution in [-0.4, -0.2) is 32.0 Å². The highest BCUT2D eigenvalue weighted by Gasteiger charge is 2.12. The first-order valence-electron chi connectivity index (χ1n) is 9.03. The lowest BCUT2D eigenvalue weighted by molar-refractivity contribution is 0.352. The Hall–Kier alpha value is -3.33. The van der Waals surface area contributed by atoms with Crippen molar-refractivity contribution in [2.24, 2.45) is 0 Å². The lowest BCUT2D eigenvalue weighted by Gasteiger charge is -2.12. The molecule has 0 aliphatic heterocycles. The average Bonchev–Trinajstić information content (AvgIpc) is 2.65. The largest absolute Gasteiger partial charge is 0.488 e. The Morgan fingerprint density at radius 1 is 1.27 bits per heavy atom. The van der Waals surface area contributed by atoms with Crippen LogP contribution in [0.5, 0.6) is 5.75 Å². The Bertz CT molecular complexity index is 1180. The zero-order valence-electron chi connectivity index (χ0n) is 16.7. The molecule has 1 heterocycles. The van der Waals surface area contributed by atoms with Gasteiger partial charge in [-0.2, -0.15) is 4.98 Å². The van der Waals surface area contributed by atoms with Crippen molar-refractivity contribution in [3.63, 3.8) is 0 Å². The monoisotopic (exact) mass is 427 g/mol. The fraction of sp³-hybridized carbons (Fsp3) is 0.190. The normalized spacial score (nSPS) is 12.8. The summed E-state index contributed by atoms with van der Waals surface area (Å²) < 4.78 is 38.7. The number of aromatic nitrogens is 3. The molecule has 0 saturated heterocycles. The summed E-state index contributed by atoms with van der Waals surface area (Å²) in [7, 11) is -2.65. The summed E-state index contributed by atoms with van der Waals surface area (Å²) in [6.45, 7) is 5.85. The number of anilines is 2. The standard InChI is InChI=1S/C21H22FN5O2S/c1-14(2)11-29-19-10-16(22)7-8-18(19)20-24-13-25-21(27-20)26-17-6-4-5-15(9-17)12-30(3,23)28/h4-10,13,23H,1,11-12H2,2-3H3,(H,24,25,26,27). The molecule has 1 atom stereocenters. The van der Waals surface area contributed by atoms with Crippen LogP contribution in [0.2, 0.25) is 0 Å². The number of nitrogens with zero attached hydrogens (tertiary/aromatic N) is 3. The van der Waals surface area contributed by atoms with Crippen molar-refractivity contribution < 1.29 is 13.3 Å². The van der Waals surface area contributed by atoms with Crippen molar-refractivity contribution >= 4 is 21.4 Å². The second-order valence-electron chi connectivity index (χ2n) is 6.99. The second-order valence-corrected chi connectivity index (χ2v) is 9.29. The van der Waals surface area contributed by atoms with Crippen LogP contribution in [0.4, 0.5) is 16.0 Å². The van der Waals surface area contributed by atoms with E-state index >= 15 is 0 Å². The van der Waals surface area contributed by atoms with Crippen LogP contribution in [-0.2, 0) is 15.5 Å². The van der Waals surface area contributed by atoms with Crippen molar-refractivity contribution in [1.29, 1.82) is 4.78 Å². The highest BCUT2D eigenvalue weighted by molar-refractivity contribution is 7.90. The molecule has 0 bridgehead atoms. The predicted molar refractivity (Wildman–Crippen MR) is 116 cm³/mol. The van der Waals surface area contributed by atoms with E-state index in [-0.39, 0.29) is 18.3 Å². The summed E-state index contributed by atoms with van der Waals surface area (Å²) in [4.78, 5) is 12.7. The van der Waals surface area contributed by atoms with Gasteiger partial charge >= 0.3 is 0 Å². The molecule has 0 amide bonds. The Morgan fingerprint density at radius 2 is 2.07 bits per heavy atom. The van der Waals surface area contributed by atoms with Gasteiger partial charge in [-0.25, -0.2) is 18.6 Å². The minimum Gasteiger partial charge on any atom is -0.488 e. The first kappa shape index (κ1) is 21.4. The molecular formula is C21H22FN5O2S. The number of hydrogen-bond acceptors (Lipinski definition) is 7. The van der Waals surface area contributed by atoms with Crippen LogP contribution in [0.3, 0.4) is 0 Å². The fourth-order valence-electron chi connectivity index (χ4n) is 2.67. The maximum atomic E-state index is 13.7. The van der Waals surface area contributed by atoms with Crippen LogP contribution in [0.15, 0.2) is 60.9 Å². The quantitative estimate of drug-likeness (QED) is 0.512. The summed E-state index contributed by atoms with van der Waals surface area (Å²) in [6.07, 6.45) is 2.75. The lowest BCUT2D eigenvalue weighted by Crippen LogP contribution is -2.04. The molecule has 0 spiro atoms. The number of ether oxygens (including phenoxy) is 1. The van der Waals surface area contributed by atoms with Gasteiger partial charge in [0.15, 0.2) is 5.82 Å². The summed E-state index contributed by atoms with van der Waals surface area (Å²) in [5, 5.41) is 3.08. The number of halogens is 1. The fourth-order valence-corrected chi connectivity index (χ4v) is 3.49. The SMILES string of the molecule is C=C(C)COc1cc(F)ccc1-c1ncnc(Nc2cccc(CS(C)(=N)=O)c2)n1. The van der Waals surface area contributed by atoms with E-state index in [0.29, 0.717) is 22.8 Å². The molecule has 0 saturated carbocycles. The third kappa shape index (κ3) is 6.08. The van der Waals surface area contributed by atoms with E-state index in [0.717, 1.165) is 11.1 Å². The van der Waals surface area contributed by atoms with Crippen LogP contribution < -0.4 is 10.1 Å². The first-order valence-corrected chi connectivity index (χ1v) is 11.2. The number of rotatable bonds is 8. The zero-order chi connectivity index (χ0) is 21.7. The Balaban J connectivity index is 1.87. The molecule has 2 N–H and O–H groups in total. The third-order valence-electron chi connectivity index (χ3n) is 3.86. The first-order chi connectivity index (χ1) is 14.2. The molecular weight excluding hydrogens is 405 g/mol. The van der Waals surface area contributed by atoms with Crippen LogP contribution in [0.1, 0.15) is 12.5 Å². The van der Waals surface area contributed by atoms with Gasteiger partial charge < -0.3 is 10.1 Å². The molecule has 0 fully saturated rings. The summed E-state index contributed by atoms with van der Waals surface area (Å²) in [6, 6.07) is 11.4. The topological polar surface area (TPSA) is 101 Å². The minimum absolute atomic E-state index is 0.157. The van der Waals surface area contributed by atoms with Gasteiger partial charge in [0.25, 0.3) is 0 Å². The minimum atomic E-state index is -2.65. The van der Waals surface area contributed by atoms with Crippen LogP contribution >= 0.6 is 0 Å². The predicted octanol–water partition coefficient (Wildman–Crippen LogP) is 4.55. The van der Waals surface area contributed by atoms with Gasteiger partial charge in [-0.15, -0.1) is 0 Å². The van der Waals surface area contributed by atoms with Crippen molar-refractivity contribution in [3.8, 4) is 17.1 Å². The van der Waals surface area contributed by atoms with Gasteiger partial charge in [-0.3, -0.25) is 4.78 Å². The van der Waals surface area contributed by atoms with E-state index in [4.69, 9.17) is 9.52 Å². The zero-order valence-corrected chi connectivity index (χ0v) is 17.5. The Kier molecular flexibility index (Phi) is 6.41. The van der Waals surface area contributed by atoms with Crippen molar-refractivity contribution in [3.05, 3.63) is 72.3 Å².